The highest BCUT2D eigenvalue weighted by molar-refractivity contribution is 7.09. The molecule has 3 rings (SSSR count). The fourth-order valence-corrected chi connectivity index (χ4v) is 3.78. The zero-order valence-corrected chi connectivity index (χ0v) is 14.2. The molecule has 1 N–H and O–H groups in total. The number of aromatic nitrogens is 1. The van der Waals surface area contributed by atoms with Gasteiger partial charge in [-0.2, -0.15) is 0 Å². The molecule has 126 valence electrons. The standard InChI is InChI=1S/C17H18N2O4S/c1-10-18-13(9-24-10)15-14(17(21)22)11-5-3-4-6-12(11)16(20)19(15)7-8-23-2/h3-6,9,14-15H,7-8H2,1-2H3,(H,21,22). The Labute approximate surface area is 143 Å². The second-order valence-corrected chi connectivity index (χ2v) is 6.69. The van der Waals surface area contributed by atoms with E-state index in [0.717, 1.165) is 5.01 Å². The summed E-state index contributed by atoms with van der Waals surface area (Å²) in [7, 11) is 1.55. The van der Waals surface area contributed by atoms with Crippen molar-refractivity contribution in [2.45, 2.75) is 18.9 Å². The molecule has 0 saturated heterocycles. The number of thiazole rings is 1. The van der Waals surface area contributed by atoms with Crippen LogP contribution < -0.4 is 0 Å². The van der Waals surface area contributed by atoms with Gasteiger partial charge in [0.1, 0.15) is 5.92 Å². The Balaban J connectivity index is 2.16. The first kappa shape index (κ1) is 16.6. The van der Waals surface area contributed by atoms with Crippen LogP contribution in [-0.2, 0) is 9.53 Å². The first-order valence-electron chi connectivity index (χ1n) is 7.58. The van der Waals surface area contributed by atoms with E-state index in [1.165, 1.54) is 11.3 Å². The van der Waals surface area contributed by atoms with Gasteiger partial charge in [-0.25, -0.2) is 4.98 Å². The minimum absolute atomic E-state index is 0.184. The van der Waals surface area contributed by atoms with Gasteiger partial charge >= 0.3 is 5.97 Å². The summed E-state index contributed by atoms with van der Waals surface area (Å²) in [5, 5.41) is 12.5. The van der Waals surface area contributed by atoms with Crippen LogP contribution >= 0.6 is 11.3 Å². The van der Waals surface area contributed by atoms with Crippen LogP contribution in [0.4, 0.5) is 0 Å². The molecule has 1 amide bonds. The molecule has 0 bridgehead atoms. The van der Waals surface area contributed by atoms with E-state index in [-0.39, 0.29) is 5.91 Å². The molecule has 2 heterocycles. The Morgan fingerprint density at radius 3 is 2.79 bits per heavy atom. The Hall–Kier alpha value is -2.25. The number of carboxylic acid groups (broad SMARTS) is 1. The number of carboxylic acids is 1. The van der Waals surface area contributed by atoms with E-state index < -0.39 is 17.9 Å². The summed E-state index contributed by atoms with van der Waals surface area (Å²) in [5.74, 6) is -2.00. The predicted molar refractivity (Wildman–Crippen MR) is 89.3 cm³/mol. The molecule has 7 heteroatoms. The summed E-state index contributed by atoms with van der Waals surface area (Å²) < 4.78 is 5.11. The molecule has 24 heavy (non-hydrogen) atoms. The van der Waals surface area contributed by atoms with Crippen LogP contribution in [0, 0.1) is 6.92 Å². The molecule has 2 unspecified atom stereocenters. The second kappa shape index (κ2) is 6.70. The highest BCUT2D eigenvalue weighted by atomic mass is 32.1. The average Bonchev–Trinajstić information content (AvgIpc) is 2.99. The third kappa shape index (κ3) is 2.81. The second-order valence-electron chi connectivity index (χ2n) is 5.63. The molecular formula is C17H18N2O4S. The number of benzene rings is 1. The first-order valence-corrected chi connectivity index (χ1v) is 8.46. The van der Waals surface area contributed by atoms with E-state index in [2.05, 4.69) is 4.98 Å². The zero-order chi connectivity index (χ0) is 17.3. The van der Waals surface area contributed by atoms with Crippen molar-refractivity contribution in [2.24, 2.45) is 0 Å². The van der Waals surface area contributed by atoms with Crippen LogP contribution in [0.15, 0.2) is 29.6 Å². The zero-order valence-electron chi connectivity index (χ0n) is 13.4. The van der Waals surface area contributed by atoms with E-state index in [1.54, 1.807) is 36.3 Å². The molecule has 0 saturated carbocycles. The number of rotatable bonds is 5. The number of ether oxygens (including phenoxy) is 1. The number of fused-ring (bicyclic) bond motifs is 1. The van der Waals surface area contributed by atoms with Crippen molar-refractivity contribution in [1.29, 1.82) is 0 Å². The number of hydrogen-bond donors (Lipinski definition) is 1. The Bertz CT molecular complexity index is 773. The number of aliphatic carboxylic acids is 1. The molecule has 1 aliphatic heterocycles. The number of nitrogens with zero attached hydrogens (tertiary/aromatic N) is 2. The van der Waals surface area contributed by atoms with E-state index in [4.69, 9.17) is 4.74 Å². The fraction of sp³-hybridized carbons (Fsp3) is 0.353. The van der Waals surface area contributed by atoms with Crippen molar-refractivity contribution in [3.8, 4) is 0 Å². The summed E-state index contributed by atoms with van der Waals surface area (Å²) in [4.78, 5) is 31.0. The smallest absolute Gasteiger partial charge is 0.313 e. The van der Waals surface area contributed by atoms with Crippen LogP contribution in [0.1, 0.15) is 38.6 Å². The average molecular weight is 346 g/mol. The van der Waals surface area contributed by atoms with Gasteiger partial charge in [0.2, 0.25) is 0 Å². The van der Waals surface area contributed by atoms with Crippen LogP contribution in [0.25, 0.3) is 0 Å². The number of hydrogen-bond acceptors (Lipinski definition) is 5. The van der Waals surface area contributed by atoms with Gasteiger partial charge < -0.3 is 14.7 Å². The van der Waals surface area contributed by atoms with E-state index in [9.17, 15) is 14.7 Å². The SMILES string of the molecule is COCCN1C(=O)c2ccccc2C(C(=O)O)C1c1csc(C)n1. The topological polar surface area (TPSA) is 79.7 Å². The van der Waals surface area contributed by atoms with Crippen molar-refractivity contribution in [2.75, 3.05) is 20.3 Å². The van der Waals surface area contributed by atoms with Crippen molar-refractivity contribution < 1.29 is 19.4 Å². The summed E-state index contributed by atoms with van der Waals surface area (Å²) in [6.07, 6.45) is 0. The lowest BCUT2D eigenvalue weighted by atomic mass is 9.81. The Morgan fingerprint density at radius 1 is 1.42 bits per heavy atom. The Morgan fingerprint density at radius 2 is 2.17 bits per heavy atom. The van der Waals surface area contributed by atoms with Crippen molar-refractivity contribution in [3.63, 3.8) is 0 Å². The number of methoxy groups -OCH3 is 1. The maximum absolute atomic E-state index is 12.9. The minimum Gasteiger partial charge on any atom is -0.481 e. The van der Waals surface area contributed by atoms with Gasteiger partial charge in [-0.05, 0) is 18.6 Å². The monoisotopic (exact) mass is 346 g/mol. The fourth-order valence-electron chi connectivity index (χ4n) is 3.14. The predicted octanol–water partition coefficient (Wildman–Crippen LogP) is 2.46. The van der Waals surface area contributed by atoms with Crippen LogP contribution in [0.2, 0.25) is 0 Å². The normalized spacial score (nSPS) is 20.1. The lowest BCUT2D eigenvalue weighted by Gasteiger charge is -2.39. The van der Waals surface area contributed by atoms with E-state index in [1.807, 2.05) is 12.3 Å². The van der Waals surface area contributed by atoms with Crippen molar-refractivity contribution >= 4 is 23.2 Å². The summed E-state index contributed by atoms with van der Waals surface area (Å²) in [6.45, 7) is 2.51. The molecule has 1 aromatic heterocycles. The maximum Gasteiger partial charge on any atom is 0.313 e. The van der Waals surface area contributed by atoms with Gasteiger partial charge in [0.15, 0.2) is 0 Å². The van der Waals surface area contributed by atoms with Crippen LogP contribution in [-0.4, -0.2) is 47.1 Å². The number of aryl methyl sites for hydroxylation is 1. The van der Waals surface area contributed by atoms with Crippen LogP contribution in [0.5, 0.6) is 0 Å². The molecule has 0 aliphatic carbocycles. The lowest BCUT2D eigenvalue weighted by molar-refractivity contribution is -0.140. The molecule has 0 spiro atoms. The molecular weight excluding hydrogens is 328 g/mol. The number of amides is 1. The van der Waals surface area contributed by atoms with E-state index in [0.29, 0.717) is 30.0 Å². The third-order valence-electron chi connectivity index (χ3n) is 4.18. The first-order chi connectivity index (χ1) is 11.5. The van der Waals surface area contributed by atoms with E-state index >= 15 is 0 Å². The largest absolute Gasteiger partial charge is 0.481 e. The molecule has 6 nitrogen and oxygen atoms in total. The van der Waals surface area contributed by atoms with Gasteiger partial charge in [0.25, 0.3) is 5.91 Å². The summed E-state index contributed by atoms with van der Waals surface area (Å²) >= 11 is 1.45. The lowest BCUT2D eigenvalue weighted by Crippen LogP contribution is -2.46. The Kier molecular flexibility index (Phi) is 4.64. The highest BCUT2D eigenvalue weighted by Gasteiger charge is 2.45. The van der Waals surface area contributed by atoms with Crippen LogP contribution in [0.3, 0.4) is 0 Å². The van der Waals surface area contributed by atoms with Crippen molar-refractivity contribution in [3.05, 3.63) is 51.5 Å². The molecule has 1 aliphatic rings. The molecule has 2 atom stereocenters. The summed E-state index contributed by atoms with van der Waals surface area (Å²) in [6, 6.07) is 6.26. The van der Waals surface area contributed by atoms with Gasteiger partial charge in [-0.1, -0.05) is 18.2 Å². The third-order valence-corrected chi connectivity index (χ3v) is 4.97. The number of carbonyl (C=O) groups excluding carboxylic acids is 1. The van der Waals surface area contributed by atoms with Crippen molar-refractivity contribution in [1.82, 2.24) is 9.88 Å². The van der Waals surface area contributed by atoms with Gasteiger partial charge in [0, 0.05) is 24.6 Å². The quantitative estimate of drug-likeness (QED) is 0.900. The maximum atomic E-state index is 12.9. The minimum atomic E-state index is -0.965. The number of carbonyl (C=O) groups is 2. The van der Waals surface area contributed by atoms with Gasteiger partial charge in [0.05, 0.1) is 23.4 Å². The summed E-state index contributed by atoms with van der Waals surface area (Å²) in [5.41, 5.74) is 1.59. The highest BCUT2D eigenvalue weighted by Crippen LogP contribution is 2.42. The molecule has 0 radical (unpaired) electrons. The molecule has 2 aromatic rings. The molecule has 1 aromatic carbocycles. The molecule has 0 fully saturated rings. The van der Waals surface area contributed by atoms with Gasteiger partial charge in [-0.3, -0.25) is 9.59 Å². The van der Waals surface area contributed by atoms with Gasteiger partial charge in [-0.15, -0.1) is 11.3 Å².